The van der Waals surface area contributed by atoms with Gasteiger partial charge in [0.1, 0.15) is 0 Å². The average molecular weight is 177 g/mol. The molecule has 2 N–H and O–H groups in total. The fraction of sp³-hybridized carbons (Fsp3) is 0.545. The normalized spacial score (nSPS) is 37.8. The Morgan fingerprint density at radius 1 is 1.46 bits per heavy atom. The Labute approximate surface area is 78.5 Å². The molecule has 2 unspecified atom stereocenters. The van der Waals surface area contributed by atoms with Crippen molar-refractivity contribution in [3.8, 4) is 0 Å². The molecule has 0 aliphatic heterocycles. The average Bonchev–Trinajstić information content (AvgIpc) is 2.86. The first-order valence-electron chi connectivity index (χ1n) is 4.80. The van der Waals surface area contributed by atoms with Gasteiger partial charge in [0.2, 0.25) is 5.91 Å². The van der Waals surface area contributed by atoms with Gasteiger partial charge < -0.3 is 5.73 Å². The number of nitrogens with two attached hydrogens (primary N) is 1. The lowest BCUT2D eigenvalue weighted by Crippen LogP contribution is -2.37. The topological polar surface area (TPSA) is 43.1 Å². The molecule has 2 aliphatic rings. The number of amides is 1. The molecular weight excluding hydrogens is 162 g/mol. The van der Waals surface area contributed by atoms with Crippen molar-refractivity contribution >= 4 is 5.91 Å². The summed E-state index contributed by atoms with van der Waals surface area (Å²) in [5.74, 6) is 0.353. The first-order valence-corrected chi connectivity index (χ1v) is 4.80. The highest BCUT2D eigenvalue weighted by Crippen LogP contribution is 2.52. The molecule has 2 heteroatoms. The summed E-state index contributed by atoms with van der Waals surface area (Å²) in [4.78, 5) is 11.2. The highest BCUT2D eigenvalue weighted by Gasteiger charge is 2.46. The molecule has 0 bridgehead atoms. The van der Waals surface area contributed by atoms with Crippen LogP contribution in [0.3, 0.4) is 0 Å². The van der Waals surface area contributed by atoms with Gasteiger partial charge in [-0.2, -0.15) is 0 Å². The molecule has 0 saturated heterocycles. The molecule has 13 heavy (non-hydrogen) atoms. The van der Waals surface area contributed by atoms with E-state index >= 15 is 0 Å². The van der Waals surface area contributed by atoms with Gasteiger partial charge in [0.15, 0.2) is 0 Å². The summed E-state index contributed by atoms with van der Waals surface area (Å²) < 4.78 is 0. The molecule has 0 aromatic carbocycles. The van der Waals surface area contributed by atoms with Gasteiger partial charge in [0.25, 0.3) is 0 Å². The molecule has 1 saturated carbocycles. The van der Waals surface area contributed by atoms with E-state index in [0.29, 0.717) is 5.92 Å². The molecule has 2 aliphatic carbocycles. The van der Waals surface area contributed by atoms with Crippen LogP contribution in [0.2, 0.25) is 0 Å². The van der Waals surface area contributed by atoms with Crippen molar-refractivity contribution in [3.05, 3.63) is 24.3 Å². The quantitative estimate of drug-likeness (QED) is 0.684. The Bertz CT molecular complexity index is 288. The number of allylic oxidation sites excluding steroid dienone is 3. The fourth-order valence-electron chi connectivity index (χ4n) is 2.25. The standard InChI is InChI=1S/C11H15NO/c1-11(8-5-6-8)7-3-2-4-9(11)10(12)13/h2-4,7-9H,5-6H2,1H3,(H2,12,13). The Kier molecular flexibility index (Phi) is 1.79. The number of hydrogen-bond acceptors (Lipinski definition) is 1. The summed E-state index contributed by atoms with van der Waals surface area (Å²) in [7, 11) is 0. The van der Waals surface area contributed by atoms with Crippen LogP contribution in [0, 0.1) is 17.3 Å². The van der Waals surface area contributed by atoms with Gasteiger partial charge in [0, 0.05) is 5.41 Å². The van der Waals surface area contributed by atoms with E-state index in [4.69, 9.17) is 5.73 Å². The molecular formula is C11H15NO. The third-order valence-corrected chi connectivity index (χ3v) is 3.30. The first-order chi connectivity index (χ1) is 6.14. The molecule has 2 nitrogen and oxygen atoms in total. The van der Waals surface area contributed by atoms with E-state index in [1.807, 2.05) is 18.2 Å². The van der Waals surface area contributed by atoms with Crippen LogP contribution in [0.1, 0.15) is 19.8 Å². The van der Waals surface area contributed by atoms with Gasteiger partial charge in [-0.1, -0.05) is 31.2 Å². The van der Waals surface area contributed by atoms with Crippen molar-refractivity contribution in [1.82, 2.24) is 0 Å². The van der Waals surface area contributed by atoms with E-state index < -0.39 is 0 Å². The summed E-state index contributed by atoms with van der Waals surface area (Å²) >= 11 is 0. The zero-order valence-corrected chi connectivity index (χ0v) is 7.86. The van der Waals surface area contributed by atoms with Gasteiger partial charge in [-0.25, -0.2) is 0 Å². The molecule has 0 radical (unpaired) electrons. The number of carbonyl (C=O) groups excluding carboxylic acids is 1. The highest BCUT2D eigenvalue weighted by molar-refractivity contribution is 5.80. The Morgan fingerprint density at radius 3 is 2.69 bits per heavy atom. The van der Waals surface area contributed by atoms with Gasteiger partial charge in [0.05, 0.1) is 5.92 Å². The first kappa shape index (κ1) is 8.54. The zero-order chi connectivity index (χ0) is 9.47. The lowest BCUT2D eigenvalue weighted by Gasteiger charge is -2.33. The SMILES string of the molecule is CC1(C2CC2)C=CC=CC1C(N)=O. The van der Waals surface area contributed by atoms with E-state index in [1.165, 1.54) is 12.8 Å². The second-order valence-corrected chi connectivity index (χ2v) is 4.26. The minimum absolute atomic E-state index is 0.0133. The Balaban J connectivity index is 2.28. The maximum Gasteiger partial charge on any atom is 0.225 e. The van der Waals surface area contributed by atoms with Crippen LogP contribution in [-0.4, -0.2) is 5.91 Å². The van der Waals surface area contributed by atoms with Crippen LogP contribution in [0.5, 0.6) is 0 Å². The van der Waals surface area contributed by atoms with Gasteiger partial charge in [-0.15, -0.1) is 0 Å². The minimum atomic E-state index is -0.199. The van der Waals surface area contributed by atoms with E-state index in [1.54, 1.807) is 0 Å². The van der Waals surface area contributed by atoms with Crippen LogP contribution in [0.4, 0.5) is 0 Å². The maximum absolute atomic E-state index is 11.2. The molecule has 2 atom stereocenters. The zero-order valence-electron chi connectivity index (χ0n) is 7.86. The highest BCUT2D eigenvalue weighted by atomic mass is 16.1. The number of hydrogen-bond donors (Lipinski definition) is 1. The predicted molar refractivity (Wildman–Crippen MR) is 51.8 cm³/mol. The van der Waals surface area contributed by atoms with Crippen LogP contribution >= 0.6 is 0 Å². The van der Waals surface area contributed by atoms with E-state index in [-0.39, 0.29) is 17.2 Å². The van der Waals surface area contributed by atoms with Crippen LogP contribution in [0.15, 0.2) is 24.3 Å². The van der Waals surface area contributed by atoms with Crippen LogP contribution < -0.4 is 5.73 Å². The molecule has 0 spiro atoms. The predicted octanol–water partition coefficient (Wildman–Crippen LogP) is 1.63. The minimum Gasteiger partial charge on any atom is -0.369 e. The van der Waals surface area contributed by atoms with Crippen LogP contribution in [-0.2, 0) is 4.79 Å². The molecule has 70 valence electrons. The van der Waals surface area contributed by atoms with Crippen LogP contribution in [0.25, 0.3) is 0 Å². The molecule has 0 aromatic heterocycles. The van der Waals surface area contributed by atoms with E-state index in [2.05, 4.69) is 13.0 Å². The van der Waals surface area contributed by atoms with Crippen molar-refractivity contribution < 1.29 is 4.79 Å². The maximum atomic E-state index is 11.2. The van der Waals surface area contributed by atoms with Crippen molar-refractivity contribution in [2.75, 3.05) is 0 Å². The van der Waals surface area contributed by atoms with Gasteiger partial charge >= 0.3 is 0 Å². The molecule has 0 aromatic rings. The van der Waals surface area contributed by atoms with Crippen molar-refractivity contribution in [1.29, 1.82) is 0 Å². The summed E-state index contributed by atoms with van der Waals surface area (Å²) in [6, 6.07) is 0. The molecule has 1 fully saturated rings. The second-order valence-electron chi connectivity index (χ2n) is 4.26. The summed E-state index contributed by atoms with van der Waals surface area (Å²) in [5, 5.41) is 0. The van der Waals surface area contributed by atoms with Crippen molar-refractivity contribution in [2.45, 2.75) is 19.8 Å². The Hall–Kier alpha value is -1.05. The lowest BCUT2D eigenvalue weighted by atomic mass is 9.70. The summed E-state index contributed by atoms with van der Waals surface area (Å²) in [6.07, 6.45) is 10.5. The van der Waals surface area contributed by atoms with Crippen molar-refractivity contribution in [3.63, 3.8) is 0 Å². The fourth-order valence-corrected chi connectivity index (χ4v) is 2.25. The third-order valence-electron chi connectivity index (χ3n) is 3.30. The third kappa shape index (κ3) is 1.30. The lowest BCUT2D eigenvalue weighted by molar-refractivity contribution is -0.123. The molecule has 2 rings (SSSR count). The Morgan fingerprint density at radius 2 is 2.15 bits per heavy atom. The van der Waals surface area contributed by atoms with E-state index in [0.717, 1.165) is 0 Å². The number of carbonyl (C=O) groups is 1. The number of rotatable bonds is 2. The monoisotopic (exact) mass is 177 g/mol. The smallest absolute Gasteiger partial charge is 0.225 e. The second kappa shape index (κ2) is 2.72. The molecule has 0 heterocycles. The number of primary amides is 1. The molecule has 1 amide bonds. The van der Waals surface area contributed by atoms with E-state index in [9.17, 15) is 4.79 Å². The van der Waals surface area contributed by atoms with Gasteiger partial charge in [-0.3, -0.25) is 4.79 Å². The summed E-state index contributed by atoms with van der Waals surface area (Å²) in [5.41, 5.74) is 5.37. The summed E-state index contributed by atoms with van der Waals surface area (Å²) in [6.45, 7) is 2.14. The van der Waals surface area contributed by atoms with Gasteiger partial charge in [-0.05, 0) is 18.8 Å². The van der Waals surface area contributed by atoms with Crippen molar-refractivity contribution in [2.24, 2.45) is 23.0 Å². The largest absolute Gasteiger partial charge is 0.369 e.